The summed E-state index contributed by atoms with van der Waals surface area (Å²) >= 11 is 0. The first-order chi connectivity index (χ1) is 8.64. The van der Waals surface area contributed by atoms with Gasteiger partial charge in [-0.05, 0) is 30.9 Å². The molecule has 0 unspecified atom stereocenters. The van der Waals surface area contributed by atoms with E-state index in [-0.39, 0.29) is 6.61 Å². The second-order valence-corrected chi connectivity index (χ2v) is 5.07. The maximum absolute atomic E-state index is 10.7. The fourth-order valence-electron chi connectivity index (χ4n) is 2.41. The van der Waals surface area contributed by atoms with Crippen LogP contribution < -0.4 is 0 Å². The number of hydrogen-bond acceptors (Lipinski definition) is 3. The standard InChI is InChI=1S/C15H21NO2/c1-13(12-17)11-16-9-7-15(18,8-10-16)14-5-3-2-4-6-14/h2-6,11,17-18H,7-10,12H2,1H3/b13-11+. The molecule has 2 N–H and O–H groups in total. The Bertz CT molecular complexity index is 406. The summed E-state index contributed by atoms with van der Waals surface area (Å²) < 4.78 is 0. The van der Waals surface area contributed by atoms with E-state index in [4.69, 9.17) is 5.11 Å². The van der Waals surface area contributed by atoms with Crippen molar-refractivity contribution < 1.29 is 10.2 Å². The summed E-state index contributed by atoms with van der Waals surface area (Å²) in [6.07, 6.45) is 3.45. The highest BCUT2D eigenvalue weighted by atomic mass is 16.3. The molecule has 1 aromatic carbocycles. The third-order valence-corrected chi connectivity index (χ3v) is 3.59. The number of benzene rings is 1. The molecule has 0 bridgehead atoms. The SMILES string of the molecule is C/C(=C\N1CCC(O)(c2ccccc2)CC1)CO. The summed E-state index contributed by atoms with van der Waals surface area (Å²) in [5.41, 5.74) is 1.27. The second-order valence-electron chi connectivity index (χ2n) is 5.07. The molecule has 1 aliphatic heterocycles. The predicted molar refractivity (Wildman–Crippen MR) is 72.0 cm³/mol. The minimum atomic E-state index is -0.696. The zero-order chi connectivity index (χ0) is 13.0. The molecule has 1 saturated heterocycles. The van der Waals surface area contributed by atoms with Gasteiger partial charge in [-0.3, -0.25) is 0 Å². The van der Waals surface area contributed by atoms with Crippen LogP contribution in [0.4, 0.5) is 0 Å². The molecule has 0 spiro atoms. The van der Waals surface area contributed by atoms with Crippen molar-refractivity contribution in [3.8, 4) is 0 Å². The van der Waals surface area contributed by atoms with Gasteiger partial charge in [-0.25, -0.2) is 0 Å². The number of piperidine rings is 1. The molecule has 98 valence electrons. The van der Waals surface area contributed by atoms with Crippen LogP contribution in [-0.4, -0.2) is 34.8 Å². The maximum Gasteiger partial charge on any atom is 0.0930 e. The van der Waals surface area contributed by atoms with Gasteiger partial charge >= 0.3 is 0 Å². The quantitative estimate of drug-likeness (QED) is 0.857. The first-order valence-electron chi connectivity index (χ1n) is 6.44. The summed E-state index contributed by atoms with van der Waals surface area (Å²) in [4.78, 5) is 2.17. The van der Waals surface area contributed by atoms with Gasteiger partial charge in [0.15, 0.2) is 0 Å². The van der Waals surface area contributed by atoms with Gasteiger partial charge in [-0.2, -0.15) is 0 Å². The van der Waals surface area contributed by atoms with Gasteiger partial charge in [-0.15, -0.1) is 0 Å². The van der Waals surface area contributed by atoms with Crippen molar-refractivity contribution >= 4 is 0 Å². The molecule has 0 radical (unpaired) electrons. The fourth-order valence-corrected chi connectivity index (χ4v) is 2.41. The summed E-state index contributed by atoms with van der Waals surface area (Å²) in [7, 11) is 0. The zero-order valence-electron chi connectivity index (χ0n) is 10.8. The highest BCUT2D eigenvalue weighted by molar-refractivity contribution is 5.23. The van der Waals surface area contributed by atoms with Crippen LogP contribution in [0.2, 0.25) is 0 Å². The molecule has 0 amide bonds. The number of likely N-dealkylation sites (tertiary alicyclic amines) is 1. The predicted octanol–water partition coefficient (Wildman–Crippen LogP) is 1.87. The largest absolute Gasteiger partial charge is 0.392 e. The molecule has 1 heterocycles. The molecule has 3 heteroatoms. The van der Waals surface area contributed by atoms with Crippen molar-refractivity contribution in [2.45, 2.75) is 25.4 Å². The van der Waals surface area contributed by atoms with Gasteiger partial charge in [0.2, 0.25) is 0 Å². The molecule has 3 nitrogen and oxygen atoms in total. The van der Waals surface area contributed by atoms with E-state index < -0.39 is 5.60 Å². The number of aliphatic hydroxyl groups excluding tert-OH is 1. The van der Waals surface area contributed by atoms with E-state index in [1.54, 1.807) is 0 Å². The first kappa shape index (κ1) is 13.1. The van der Waals surface area contributed by atoms with Gasteiger partial charge in [0.1, 0.15) is 0 Å². The number of aliphatic hydroxyl groups is 2. The fraction of sp³-hybridized carbons (Fsp3) is 0.467. The van der Waals surface area contributed by atoms with E-state index in [9.17, 15) is 5.11 Å². The lowest BCUT2D eigenvalue weighted by molar-refractivity contribution is -0.0163. The minimum Gasteiger partial charge on any atom is -0.392 e. The van der Waals surface area contributed by atoms with Crippen LogP contribution in [0.25, 0.3) is 0 Å². The highest BCUT2D eigenvalue weighted by Crippen LogP contribution is 2.32. The normalized spacial score (nSPS) is 19.9. The minimum absolute atomic E-state index is 0.0967. The Labute approximate surface area is 108 Å². The lowest BCUT2D eigenvalue weighted by Gasteiger charge is -2.38. The van der Waals surface area contributed by atoms with Crippen molar-refractivity contribution in [1.29, 1.82) is 0 Å². The van der Waals surface area contributed by atoms with Crippen molar-refractivity contribution in [3.63, 3.8) is 0 Å². The molecule has 2 rings (SSSR count). The van der Waals surface area contributed by atoms with Crippen LogP contribution in [0, 0.1) is 0 Å². The van der Waals surface area contributed by atoms with Gasteiger partial charge in [0, 0.05) is 19.3 Å². The Kier molecular flexibility index (Phi) is 4.04. The number of rotatable bonds is 3. The molecule has 1 aliphatic rings. The summed E-state index contributed by atoms with van der Waals surface area (Å²) in [5.74, 6) is 0. The maximum atomic E-state index is 10.7. The Balaban J connectivity index is 2.02. The zero-order valence-corrected chi connectivity index (χ0v) is 10.8. The molecule has 0 aliphatic carbocycles. The van der Waals surface area contributed by atoms with Crippen LogP contribution in [-0.2, 0) is 5.60 Å². The third-order valence-electron chi connectivity index (χ3n) is 3.59. The smallest absolute Gasteiger partial charge is 0.0930 e. The first-order valence-corrected chi connectivity index (χ1v) is 6.44. The Morgan fingerprint density at radius 3 is 2.44 bits per heavy atom. The molecule has 0 saturated carbocycles. The van der Waals surface area contributed by atoms with E-state index in [2.05, 4.69) is 4.90 Å². The molecule has 0 aromatic heterocycles. The van der Waals surface area contributed by atoms with Crippen LogP contribution in [0.3, 0.4) is 0 Å². The van der Waals surface area contributed by atoms with Crippen LogP contribution in [0.1, 0.15) is 25.3 Å². The number of nitrogens with zero attached hydrogens (tertiary/aromatic N) is 1. The van der Waals surface area contributed by atoms with Crippen molar-refractivity contribution in [2.75, 3.05) is 19.7 Å². The van der Waals surface area contributed by atoms with E-state index >= 15 is 0 Å². The third kappa shape index (κ3) is 2.92. The Hall–Kier alpha value is -1.32. The van der Waals surface area contributed by atoms with Crippen LogP contribution in [0.5, 0.6) is 0 Å². The molecule has 1 fully saturated rings. The average molecular weight is 247 g/mol. The van der Waals surface area contributed by atoms with E-state index in [0.717, 1.165) is 37.1 Å². The highest BCUT2D eigenvalue weighted by Gasteiger charge is 2.32. The van der Waals surface area contributed by atoms with E-state index in [0.29, 0.717) is 0 Å². The Morgan fingerprint density at radius 1 is 1.28 bits per heavy atom. The molecular formula is C15H21NO2. The lowest BCUT2D eigenvalue weighted by atomic mass is 9.84. The van der Waals surface area contributed by atoms with Gasteiger partial charge in [0.25, 0.3) is 0 Å². The summed E-state index contributed by atoms with van der Waals surface area (Å²) in [6.45, 7) is 3.66. The van der Waals surface area contributed by atoms with Gasteiger partial charge in [-0.1, -0.05) is 30.3 Å². The van der Waals surface area contributed by atoms with Crippen LogP contribution in [0.15, 0.2) is 42.1 Å². The average Bonchev–Trinajstić information content (AvgIpc) is 2.42. The van der Waals surface area contributed by atoms with Gasteiger partial charge in [0.05, 0.1) is 12.2 Å². The van der Waals surface area contributed by atoms with Crippen molar-refractivity contribution in [2.24, 2.45) is 0 Å². The number of hydrogen-bond donors (Lipinski definition) is 2. The monoisotopic (exact) mass is 247 g/mol. The van der Waals surface area contributed by atoms with Crippen molar-refractivity contribution in [3.05, 3.63) is 47.7 Å². The summed E-state index contributed by atoms with van der Waals surface area (Å²) in [5, 5.41) is 19.7. The summed E-state index contributed by atoms with van der Waals surface area (Å²) in [6, 6.07) is 9.88. The van der Waals surface area contributed by atoms with Crippen LogP contribution >= 0.6 is 0 Å². The Morgan fingerprint density at radius 2 is 1.89 bits per heavy atom. The van der Waals surface area contributed by atoms with E-state index in [1.807, 2.05) is 43.5 Å². The van der Waals surface area contributed by atoms with E-state index in [1.165, 1.54) is 0 Å². The lowest BCUT2D eigenvalue weighted by Crippen LogP contribution is -2.40. The second kappa shape index (κ2) is 5.55. The van der Waals surface area contributed by atoms with Gasteiger partial charge < -0.3 is 15.1 Å². The molecule has 1 aromatic rings. The molecule has 18 heavy (non-hydrogen) atoms. The molecule has 0 atom stereocenters. The van der Waals surface area contributed by atoms with Crippen molar-refractivity contribution in [1.82, 2.24) is 4.90 Å². The molecular weight excluding hydrogens is 226 g/mol. The topological polar surface area (TPSA) is 43.7 Å².